The molecule has 1 amide bonds. The van der Waals surface area contributed by atoms with E-state index >= 15 is 0 Å². The van der Waals surface area contributed by atoms with Gasteiger partial charge in [-0.2, -0.15) is 19.6 Å². The molecule has 0 aromatic carbocycles. The number of anilines is 1. The van der Waals surface area contributed by atoms with Gasteiger partial charge in [0.1, 0.15) is 5.54 Å². The van der Waals surface area contributed by atoms with Gasteiger partial charge in [-0.25, -0.2) is 12.9 Å². The van der Waals surface area contributed by atoms with E-state index in [0.29, 0.717) is 5.65 Å². The molecular weight excluding hydrogens is 432 g/mol. The topological polar surface area (TPSA) is 138 Å². The summed E-state index contributed by atoms with van der Waals surface area (Å²) in [5, 5.41) is 20.9. The second-order valence-corrected chi connectivity index (χ2v) is 10.5. The van der Waals surface area contributed by atoms with Gasteiger partial charge in [0.2, 0.25) is 21.9 Å². The van der Waals surface area contributed by atoms with Gasteiger partial charge in [0, 0.05) is 42.5 Å². The number of carbonyl (C=O) groups is 1. The van der Waals surface area contributed by atoms with Gasteiger partial charge in [-0.15, -0.1) is 5.10 Å². The van der Waals surface area contributed by atoms with Gasteiger partial charge in [0.25, 0.3) is 0 Å². The van der Waals surface area contributed by atoms with Crippen LogP contribution in [-0.4, -0.2) is 61.9 Å². The monoisotopic (exact) mass is 454 g/mol. The van der Waals surface area contributed by atoms with E-state index in [9.17, 15) is 18.5 Å². The summed E-state index contributed by atoms with van der Waals surface area (Å²) < 4.78 is 29.0. The highest BCUT2D eigenvalue weighted by Gasteiger charge is 2.49. The zero-order valence-electron chi connectivity index (χ0n) is 17.5. The lowest BCUT2D eigenvalue weighted by molar-refractivity contribution is -0.117. The standard InChI is InChI=1S/C20H22N8O3S/c1-2-32(30,31)26-12-20(13-26,7-8-21)28-11-15(10-22-28)16-4-3-9-27-17(16)23-19(25-27)24-18(29)14-5-6-14/h3-4,9-11,14H,2,5-7,12-13H2,1H3,(H,24,25,29). The average Bonchev–Trinajstić information content (AvgIpc) is 3.34. The predicted octanol–water partition coefficient (Wildman–Crippen LogP) is 1.22. The molecule has 11 nitrogen and oxygen atoms in total. The molecule has 12 heteroatoms. The summed E-state index contributed by atoms with van der Waals surface area (Å²) in [6.45, 7) is 2.03. The first-order valence-corrected chi connectivity index (χ1v) is 12.0. The molecule has 4 heterocycles. The molecule has 1 aliphatic heterocycles. The molecule has 1 N–H and O–H groups in total. The Kier molecular flexibility index (Phi) is 4.75. The Morgan fingerprint density at radius 2 is 2.16 bits per heavy atom. The molecule has 0 spiro atoms. The highest BCUT2D eigenvalue weighted by atomic mass is 32.2. The number of hydrogen-bond acceptors (Lipinski definition) is 7. The summed E-state index contributed by atoms with van der Waals surface area (Å²) in [5.41, 5.74) is 1.40. The Morgan fingerprint density at radius 3 is 2.84 bits per heavy atom. The van der Waals surface area contributed by atoms with Crippen molar-refractivity contribution < 1.29 is 13.2 Å². The molecule has 1 saturated heterocycles. The Labute approximate surface area is 184 Å². The van der Waals surface area contributed by atoms with Crippen LogP contribution >= 0.6 is 0 Å². The van der Waals surface area contributed by atoms with Crippen LogP contribution in [0.1, 0.15) is 26.2 Å². The van der Waals surface area contributed by atoms with Crippen molar-refractivity contribution in [1.82, 2.24) is 28.7 Å². The predicted molar refractivity (Wildman–Crippen MR) is 115 cm³/mol. The molecule has 0 radical (unpaired) electrons. The third-order valence-corrected chi connectivity index (χ3v) is 7.81. The van der Waals surface area contributed by atoms with E-state index in [1.807, 2.05) is 12.1 Å². The molecular formula is C20H22N8O3S. The van der Waals surface area contributed by atoms with Crippen molar-refractivity contribution in [2.45, 2.75) is 31.7 Å². The molecule has 5 rings (SSSR count). The van der Waals surface area contributed by atoms with Crippen molar-refractivity contribution in [3.63, 3.8) is 0 Å². The van der Waals surface area contributed by atoms with Crippen LogP contribution in [0.3, 0.4) is 0 Å². The largest absolute Gasteiger partial charge is 0.293 e. The number of amides is 1. The summed E-state index contributed by atoms with van der Waals surface area (Å²) in [5.74, 6) is 0.260. The molecule has 2 fully saturated rings. The maximum atomic E-state index is 12.2. The summed E-state index contributed by atoms with van der Waals surface area (Å²) in [4.78, 5) is 16.5. The SMILES string of the molecule is CCS(=O)(=O)N1CC(CC#N)(n2cc(-c3cccn4nc(NC(=O)C5CC5)nc34)cn2)C1. The first-order valence-electron chi connectivity index (χ1n) is 10.4. The number of carbonyl (C=O) groups excluding carboxylic acids is 1. The number of nitrogens with zero attached hydrogens (tertiary/aromatic N) is 7. The quantitative estimate of drug-likeness (QED) is 0.566. The molecule has 3 aromatic rings. The van der Waals surface area contributed by atoms with Gasteiger partial charge in [-0.05, 0) is 31.9 Å². The first-order chi connectivity index (χ1) is 15.3. The maximum Gasteiger partial charge on any atom is 0.249 e. The van der Waals surface area contributed by atoms with Crippen molar-refractivity contribution in [2.75, 3.05) is 24.2 Å². The van der Waals surface area contributed by atoms with E-state index in [4.69, 9.17) is 0 Å². The van der Waals surface area contributed by atoms with Gasteiger partial charge >= 0.3 is 0 Å². The summed E-state index contributed by atoms with van der Waals surface area (Å²) in [6, 6.07) is 5.87. The third-order valence-electron chi connectivity index (χ3n) is 6.03. The molecule has 1 aliphatic carbocycles. The van der Waals surface area contributed by atoms with E-state index < -0.39 is 15.6 Å². The van der Waals surface area contributed by atoms with Crippen molar-refractivity contribution in [1.29, 1.82) is 5.26 Å². The number of nitriles is 1. The highest BCUT2D eigenvalue weighted by Crippen LogP contribution is 2.36. The first kappa shape index (κ1) is 20.6. The molecule has 0 unspecified atom stereocenters. The third kappa shape index (κ3) is 3.43. The normalized spacial score (nSPS) is 18.2. The average molecular weight is 455 g/mol. The summed E-state index contributed by atoms with van der Waals surface area (Å²) in [6.07, 6.45) is 7.16. The van der Waals surface area contributed by atoms with Crippen molar-refractivity contribution in [3.8, 4) is 17.2 Å². The number of fused-ring (bicyclic) bond motifs is 1. The van der Waals surface area contributed by atoms with E-state index in [1.165, 1.54) is 4.31 Å². The molecule has 2 aliphatic rings. The number of sulfonamides is 1. The lowest BCUT2D eigenvalue weighted by Gasteiger charge is -2.47. The molecule has 0 atom stereocenters. The smallest absolute Gasteiger partial charge is 0.249 e. The number of hydrogen-bond donors (Lipinski definition) is 1. The number of nitrogens with one attached hydrogen (secondary N) is 1. The van der Waals surface area contributed by atoms with Crippen LogP contribution < -0.4 is 5.32 Å². The Bertz CT molecular complexity index is 1340. The van der Waals surface area contributed by atoms with Gasteiger partial charge in [-0.1, -0.05) is 0 Å². The van der Waals surface area contributed by atoms with Gasteiger partial charge in [-0.3, -0.25) is 14.8 Å². The molecule has 1 saturated carbocycles. The van der Waals surface area contributed by atoms with Gasteiger partial charge in [0.05, 0.1) is 24.4 Å². The van der Waals surface area contributed by atoms with Crippen LogP contribution in [0.4, 0.5) is 5.95 Å². The lowest BCUT2D eigenvalue weighted by atomic mass is 9.89. The van der Waals surface area contributed by atoms with E-state index in [0.717, 1.165) is 24.0 Å². The summed E-state index contributed by atoms with van der Waals surface area (Å²) >= 11 is 0. The number of aromatic nitrogens is 5. The van der Waals surface area contributed by atoms with Crippen molar-refractivity contribution >= 4 is 27.5 Å². The van der Waals surface area contributed by atoms with Gasteiger partial charge in [0.15, 0.2) is 5.65 Å². The Balaban J connectivity index is 1.44. The lowest BCUT2D eigenvalue weighted by Crippen LogP contribution is -2.64. The van der Waals surface area contributed by atoms with Crippen LogP contribution in [0.25, 0.3) is 16.8 Å². The maximum absolute atomic E-state index is 12.2. The van der Waals surface area contributed by atoms with E-state index in [1.54, 1.807) is 34.7 Å². The zero-order chi connectivity index (χ0) is 22.5. The minimum atomic E-state index is -3.32. The van der Waals surface area contributed by atoms with Crippen LogP contribution in [0.2, 0.25) is 0 Å². The van der Waals surface area contributed by atoms with Crippen molar-refractivity contribution in [3.05, 3.63) is 30.7 Å². The van der Waals surface area contributed by atoms with Crippen molar-refractivity contribution in [2.24, 2.45) is 5.92 Å². The minimum Gasteiger partial charge on any atom is -0.293 e. The molecule has 3 aromatic heterocycles. The zero-order valence-corrected chi connectivity index (χ0v) is 18.3. The number of pyridine rings is 1. The van der Waals surface area contributed by atoms with E-state index in [-0.39, 0.29) is 43.0 Å². The Hall–Kier alpha value is -3.30. The van der Waals surface area contributed by atoms with E-state index in [2.05, 4.69) is 26.6 Å². The van der Waals surface area contributed by atoms with Gasteiger partial charge < -0.3 is 0 Å². The fraction of sp³-hybridized carbons (Fsp3) is 0.450. The fourth-order valence-corrected chi connectivity index (χ4v) is 5.18. The highest BCUT2D eigenvalue weighted by molar-refractivity contribution is 7.89. The molecule has 0 bridgehead atoms. The molecule has 166 valence electrons. The fourth-order valence-electron chi connectivity index (χ4n) is 3.94. The Morgan fingerprint density at radius 1 is 1.38 bits per heavy atom. The van der Waals surface area contributed by atoms with Crippen LogP contribution in [0.5, 0.6) is 0 Å². The van der Waals surface area contributed by atoms with Crippen LogP contribution in [0, 0.1) is 17.2 Å². The molecule has 32 heavy (non-hydrogen) atoms. The number of rotatable bonds is 7. The second kappa shape index (κ2) is 7.39. The second-order valence-electron chi connectivity index (χ2n) is 8.29. The minimum absolute atomic E-state index is 0.0223. The van der Waals surface area contributed by atoms with Crippen LogP contribution in [0.15, 0.2) is 30.7 Å². The van der Waals surface area contributed by atoms with Crippen LogP contribution in [-0.2, 0) is 20.4 Å². The summed E-state index contributed by atoms with van der Waals surface area (Å²) in [7, 11) is -3.32.